The number of methoxy groups -OCH3 is 2. The van der Waals surface area contributed by atoms with Crippen molar-refractivity contribution in [3.8, 4) is 11.5 Å². The fraction of sp³-hybridized carbons (Fsp3) is 0.654. The van der Waals surface area contributed by atoms with Crippen LogP contribution in [0, 0.1) is 0 Å². The van der Waals surface area contributed by atoms with E-state index in [1.54, 1.807) is 38.5 Å². The Balaban J connectivity index is 0.000000680. The van der Waals surface area contributed by atoms with Gasteiger partial charge in [-0.25, -0.2) is 19.2 Å². The summed E-state index contributed by atoms with van der Waals surface area (Å²) in [5.41, 5.74) is 1.59. The zero-order valence-corrected chi connectivity index (χ0v) is 41.2. The third-order valence-electron chi connectivity index (χ3n) is 11.6. The molecule has 0 aliphatic rings. The molecule has 16 nitrogen and oxygen atoms in total. The number of carbonyl (C=O) groups is 6. The highest BCUT2D eigenvalue weighted by Gasteiger charge is 2.26. The molecule has 0 aliphatic carbocycles. The number of ether oxygens (including phenoxy) is 4. The Bertz CT molecular complexity index is 1560. The summed E-state index contributed by atoms with van der Waals surface area (Å²) in [4.78, 5) is 69.1. The van der Waals surface area contributed by atoms with Gasteiger partial charge in [0.05, 0.1) is 14.2 Å². The molecule has 4 unspecified atom stereocenters. The molecule has 2 aromatic carbocycles. The largest absolute Gasteiger partial charge is 0.497 e. The maximum absolute atomic E-state index is 12.4. The minimum atomic E-state index is -1.32. The van der Waals surface area contributed by atoms with Crippen LogP contribution in [0.2, 0.25) is 0 Å². The van der Waals surface area contributed by atoms with E-state index in [1.165, 1.54) is 89.9 Å². The highest BCUT2D eigenvalue weighted by Crippen LogP contribution is 2.28. The smallest absolute Gasteiger partial charge is 0.408 e. The van der Waals surface area contributed by atoms with Crippen LogP contribution in [-0.4, -0.2) is 82.8 Å². The minimum absolute atomic E-state index is 0.217. The van der Waals surface area contributed by atoms with Crippen molar-refractivity contribution in [2.45, 2.75) is 205 Å². The Morgan fingerprint density at radius 2 is 0.706 bits per heavy atom. The molecule has 6 N–H and O–H groups in total. The number of nitrogens with one attached hydrogen (secondary N) is 2. The summed E-state index contributed by atoms with van der Waals surface area (Å²) in [5.74, 6) is -3.48. The number of hydrogen-bond donors (Lipinski definition) is 6. The van der Waals surface area contributed by atoms with Crippen molar-refractivity contribution >= 4 is 36.1 Å². The predicted octanol–water partition coefficient (Wildman–Crippen LogP) is 12.2. The van der Waals surface area contributed by atoms with Gasteiger partial charge in [0.2, 0.25) is 0 Å². The highest BCUT2D eigenvalue weighted by atomic mass is 16.6. The Morgan fingerprint density at radius 1 is 0.426 bits per heavy atom. The van der Waals surface area contributed by atoms with Gasteiger partial charge in [-0.15, -0.1) is 0 Å². The van der Waals surface area contributed by atoms with E-state index < -0.39 is 60.4 Å². The van der Waals surface area contributed by atoms with Crippen molar-refractivity contribution in [2.75, 3.05) is 14.2 Å². The van der Waals surface area contributed by atoms with Crippen LogP contribution in [0.15, 0.2) is 48.5 Å². The Morgan fingerprint density at radius 3 is 0.956 bits per heavy atom. The van der Waals surface area contributed by atoms with Gasteiger partial charge in [-0.2, -0.15) is 0 Å². The molecule has 0 fully saturated rings. The SMILES string of the molecule is CCCCCCCCCCCCC(OC(=O)NC(CCC(=O)O)C(=O)O)c1ccc(OC)cc1.CCCCCCCCCCCCC(OC(=O)NC(CCC(=O)O)C(=O)O)c1ccc(OC)cc1. The van der Waals surface area contributed by atoms with Crippen molar-refractivity contribution in [1.82, 2.24) is 10.6 Å². The van der Waals surface area contributed by atoms with Crippen LogP contribution in [0.5, 0.6) is 11.5 Å². The third kappa shape index (κ3) is 30.0. The summed E-state index contributed by atoms with van der Waals surface area (Å²) in [6, 6.07) is 11.8. The summed E-state index contributed by atoms with van der Waals surface area (Å²) in [6.45, 7) is 4.44. The second-order valence-corrected chi connectivity index (χ2v) is 17.2. The van der Waals surface area contributed by atoms with E-state index in [1.807, 2.05) is 24.3 Å². The third-order valence-corrected chi connectivity index (χ3v) is 11.6. The van der Waals surface area contributed by atoms with Crippen molar-refractivity contribution in [2.24, 2.45) is 0 Å². The molecule has 0 bridgehead atoms. The van der Waals surface area contributed by atoms with Gasteiger partial charge in [-0.05, 0) is 73.9 Å². The second-order valence-electron chi connectivity index (χ2n) is 17.2. The number of carboxylic acid groups (broad SMARTS) is 4. The number of benzene rings is 2. The fourth-order valence-corrected chi connectivity index (χ4v) is 7.52. The molecule has 0 heterocycles. The molecule has 0 spiro atoms. The molecule has 0 aliphatic heterocycles. The topological polar surface area (TPSA) is 244 Å². The lowest BCUT2D eigenvalue weighted by molar-refractivity contribution is -0.142. The van der Waals surface area contributed by atoms with Gasteiger partial charge in [0.15, 0.2) is 0 Å². The number of hydrogen-bond acceptors (Lipinski definition) is 10. The first-order chi connectivity index (χ1) is 32.7. The van der Waals surface area contributed by atoms with Crippen molar-refractivity contribution < 1.29 is 68.1 Å². The lowest BCUT2D eigenvalue weighted by atomic mass is 10.0. The van der Waals surface area contributed by atoms with E-state index in [0.29, 0.717) is 24.3 Å². The minimum Gasteiger partial charge on any atom is -0.497 e. The first-order valence-corrected chi connectivity index (χ1v) is 24.9. The van der Waals surface area contributed by atoms with Crippen LogP contribution in [0.4, 0.5) is 9.59 Å². The summed E-state index contributed by atoms with van der Waals surface area (Å²) in [6.07, 6.45) is 21.2. The second kappa shape index (κ2) is 38.4. The Hall–Kier alpha value is -5.54. The normalized spacial score (nSPS) is 12.5. The Labute approximate surface area is 404 Å². The molecule has 0 saturated carbocycles. The molecule has 2 amide bonds. The first kappa shape index (κ1) is 60.5. The number of unbranched alkanes of at least 4 members (excludes halogenated alkanes) is 18. The standard InChI is InChI=1S/2C26H41NO7/c2*1-3-4-5-6-7-8-9-10-11-12-13-23(20-14-16-21(33-2)17-15-20)34-26(32)27-22(25(30)31)18-19-24(28)29/h2*14-17,22-23H,3-13,18-19H2,1-2H3,(H,27,32)(H,28,29)(H,30,31). The molecule has 4 atom stereocenters. The van der Waals surface area contributed by atoms with E-state index in [4.69, 9.17) is 29.2 Å². The zero-order valence-electron chi connectivity index (χ0n) is 41.2. The van der Waals surface area contributed by atoms with Crippen LogP contribution in [0.25, 0.3) is 0 Å². The summed E-state index contributed by atoms with van der Waals surface area (Å²) >= 11 is 0. The monoisotopic (exact) mass is 959 g/mol. The number of alkyl carbamates (subject to hydrolysis) is 2. The van der Waals surface area contributed by atoms with Gasteiger partial charge in [0.25, 0.3) is 0 Å². The maximum atomic E-state index is 12.4. The number of amides is 2. The Kier molecular flexibility index (Phi) is 34.2. The van der Waals surface area contributed by atoms with E-state index >= 15 is 0 Å². The number of carbonyl (C=O) groups excluding carboxylic acids is 2. The lowest BCUT2D eigenvalue weighted by Crippen LogP contribution is -2.41. The zero-order chi connectivity index (χ0) is 50.4. The van der Waals surface area contributed by atoms with Crippen LogP contribution in [0.1, 0.15) is 204 Å². The van der Waals surface area contributed by atoms with E-state index in [9.17, 15) is 39.0 Å². The average Bonchev–Trinajstić information content (AvgIpc) is 3.32. The number of carboxylic acids is 4. The molecule has 0 saturated heterocycles. The maximum Gasteiger partial charge on any atom is 0.408 e. The van der Waals surface area contributed by atoms with Crippen LogP contribution in [0.3, 0.4) is 0 Å². The molecule has 384 valence electrons. The van der Waals surface area contributed by atoms with Crippen LogP contribution >= 0.6 is 0 Å². The molecule has 2 rings (SSSR count). The molecule has 68 heavy (non-hydrogen) atoms. The number of aliphatic carboxylic acids is 4. The summed E-state index contributed by atoms with van der Waals surface area (Å²) in [5, 5.41) is 40.7. The van der Waals surface area contributed by atoms with Crippen LogP contribution < -0.4 is 20.1 Å². The van der Waals surface area contributed by atoms with E-state index in [0.717, 1.165) is 49.7 Å². The summed E-state index contributed by atoms with van der Waals surface area (Å²) in [7, 11) is 3.15. The molecule has 16 heteroatoms. The van der Waals surface area contributed by atoms with Gasteiger partial charge in [-0.3, -0.25) is 9.59 Å². The van der Waals surface area contributed by atoms with Gasteiger partial charge in [0.1, 0.15) is 35.8 Å². The van der Waals surface area contributed by atoms with Crippen molar-refractivity contribution in [1.29, 1.82) is 0 Å². The molecular weight excluding hydrogens is 877 g/mol. The van der Waals surface area contributed by atoms with Gasteiger partial charge in [0, 0.05) is 12.8 Å². The quantitative estimate of drug-likeness (QED) is 0.0343. The number of rotatable bonds is 38. The molecule has 0 aromatic heterocycles. The molecule has 2 aromatic rings. The van der Waals surface area contributed by atoms with Gasteiger partial charge < -0.3 is 50.0 Å². The highest BCUT2D eigenvalue weighted by molar-refractivity contribution is 5.81. The van der Waals surface area contributed by atoms with Crippen LogP contribution in [-0.2, 0) is 28.7 Å². The van der Waals surface area contributed by atoms with Gasteiger partial charge >= 0.3 is 36.1 Å². The first-order valence-electron chi connectivity index (χ1n) is 24.9. The van der Waals surface area contributed by atoms with Crippen molar-refractivity contribution in [3.05, 3.63) is 59.7 Å². The lowest BCUT2D eigenvalue weighted by Gasteiger charge is -2.21. The van der Waals surface area contributed by atoms with E-state index in [-0.39, 0.29) is 25.7 Å². The van der Waals surface area contributed by atoms with E-state index in [2.05, 4.69) is 24.5 Å². The average molecular weight is 959 g/mol. The molecular formula is C52H82N2O14. The predicted molar refractivity (Wildman–Crippen MR) is 260 cm³/mol. The molecule has 0 radical (unpaired) electrons. The fourth-order valence-electron chi connectivity index (χ4n) is 7.52. The summed E-state index contributed by atoms with van der Waals surface area (Å²) < 4.78 is 21.5. The van der Waals surface area contributed by atoms with Crippen molar-refractivity contribution in [3.63, 3.8) is 0 Å². The van der Waals surface area contributed by atoms with Gasteiger partial charge in [-0.1, -0.05) is 154 Å².